The van der Waals surface area contributed by atoms with Crippen molar-refractivity contribution in [2.24, 2.45) is 0 Å². The van der Waals surface area contributed by atoms with Crippen LogP contribution in [-0.2, 0) is 16.6 Å². The first-order valence-electron chi connectivity index (χ1n) is 7.42. The molecule has 0 amide bonds. The van der Waals surface area contributed by atoms with Crippen LogP contribution in [0.2, 0.25) is 0 Å². The summed E-state index contributed by atoms with van der Waals surface area (Å²) in [6.07, 6.45) is 2.79. The van der Waals surface area contributed by atoms with Crippen LogP contribution in [0.15, 0.2) is 23.1 Å². The summed E-state index contributed by atoms with van der Waals surface area (Å²) in [5, 5.41) is 3.00. The first kappa shape index (κ1) is 18.1. The van der Waals surface area contributed by atoms with E-state index >= 15 is 0 Å². The fourth-order valence-corrected chi connectivity index (χ4v) is 3.34. The summed E-state index contributed by atoms with van der Waals surface area (Å²) in [7, 11) is -3.60. The van der Waals surface area contributed by atoms with Gasteiger partial charge in [0.05, 0.1) is 4.90 Å². The summed E-state index contributed by atoms with van der Waals surface area (Å²) in [5.41, 5.74) is 0.362. The molecule has 2 N–H and O–H groups in total. The van der Waals surface area contributed by atoms with Crippen LogP contribution >= 0.6 is 0 Å². The van der Waals surface area contributed by atoms with Crippen LogP contribution in [0.3, 0.4) is 0 Å². The minimum atomic E-state index is -3.60. The van der Waals surface area contributed by atoms with Crippen LogP contribution in [-0.4, -0.2) is 21.0 Å². The molecular weight excluding hydrogens is 291 g/mol. The quantitative estimate of drug-likeness (QED) is 0.736. The van der Waals surface area contributed by atoms with Crippen LogP contribution in [0.5, 0.6) is 0 Å². The number of hydrogen-bond acceptors (Lipinski definition) is 3. The highest BCUT2D eigenvalue weighted by Gasteiger charge is 2.18. The van der Waals surface area contributed by atoms with Crippen molar-refractivity contribution in [3.63, 3.8) is 0 Å². The smallest absolute Gasteiger partial charge is 0.240 e. The van der Waals surface area contributed by atoms with E-state index < -0.39 is 15.8 Å². The van der Waals surface area contributed by atoms with Gasteiger partial charge >= 0.3 is 0 Å². The maximum Gasteiger partial charge on any atom is 0.240 e. The molecule has 0 saturated carbocycles. The fraction of sp³-hybridized carbons (Fsp3) is 0.600. The Morgan fingerprint density at radius 2 is 2.00 bits per heavy atom. The molecule has 0 radical (unpaired) electrons. The van der Waals surface area contributed by atoms with Crippen molar-refractivity contribution in [3.05, 3.63) is 29.6 Å². The van der Waals surface area contributed by atoms with Gasteiger partial charge in [-0.25, -0.2) is 17.5 Å². The number of sulfonamides is 1. The molecule has 0 aliphatic carbocycles. The molecule has 1 aromatic carbocycles. The van der Waals surface area contributed by atoms with E-state index in [1.54, 1.807) is 0 Å². The van der Waals surface area contributed by atoms with Crippen LogP contribution in [0, 0.1) is 5.82 Å². The third-order valence-electron chi connectivity index (χ3n) is 3.24. The Hall–Kier alpha value is -0.980. The van der Waals surface area contributed by atoms with Gasteiger partial charge in [0.25, 0.3) is 0 Å². The van der Waals surface area contributed by atoms with Crippen molar-refractivity contribution >= 4 is 10.0 Å². The van der Waals surface area contributed by atoms with Crippen molar-refractivity contribution in [1.82, 2.24) is 10.0 Å². The van der Waals surface area contributed by atoms with Crippen molar-refractivity contribution in [1.29, 1.82) is 0 Å². The van der Waals surface area contributed by atoms with E-state index in [2.05, 4.69) is 17.0 Å². The van der Waals surface area contributed by atoms with Gasteiger partial charge in [-0.3, -0.25) is 0 Å². The predicted molar refractivity (Wildman–Crippen MR) is 83.1 cm³/mol. The maximum absolute atomic E-state index is 13.7. The highest BCUT2D eigenvalue weighted by atomic mass is 32.2. The second-order valence-electron chi connectivity index (χ2n) is 5.20. The van der Waals surface area contributed by atoms with Gasteiger partial charge in [-0.05, 0) is 38.1 Å². The third kappa shape index (κ3) is 5.73. The molecule has 6 heteroatoms. The minimum absolute atomic E-state index is 0.111. The lowest BCUT2D eigenvalue weighted by molar-refractivity contribution is 0.533. The first-order chi connectivity index (χ1) is 9.90. The third-order valence-corrected chi connectivity index (χ3v) is 4.83. The van der Waals surface area contributed by atoms with Gasteiger partial charge in [0.1, 0.15) is 5.82 Å². The monoisotopic (exact) mass is 316 g/mol. The van der Waals surface area contributed by atoms with Gasteiger partial charge in [0.15, 0.2) is 0 Å². The summed E-state index contributed by atoms with van der Waals surface area (Å²) < 4.78 is 40.9. The number of unbranched alkanes of at least 4 members (excludes halogenated alkanes) is 1. The molecule has 0 aliphatic rings. The zero-order chi connectivity index (χ0) is 15.9. The average Bonchev–Trinajstić information content (AvgIpc) is 2.43. The number of rotatable bonds is 9. The molecule has 1 aromatic rings. The van der Waals surface area contributed by atoms with Gasteiger partial charge in [-0.15, -0.1) is 0 Å². The molecule has 0 fully saturated rings. The summed E-state index contributed by atoms with van der Waals surface area (Å²) in [6.45, 7) is 6.83. The Morgan fingerprint density at radius 1 is 1.29 bits per heavy atom. The molecule has 0 aromatic heterocycles. The van der Waals surface area contributed by atoms with Crippen molar-refractivity contribution in [2.45, 2.75) is 57.5 Å². The molecule has 1 atom stereocenters. The SMILES string of the molecule is CCCCC(C)NS(=O)(=O)c1ccc(F)c(CNCC)c1. The number of nitrogens with one attached hydrogen (secondary N) is 2. The lowest BCUT2D eigenvalue weighted by Crippen LogP contribution is -2.32. The van der Waals surface area contributed by atoms with Crippen LogP contribution < -0.4 is 10.0 Å². The van der Waals surface area contributed by atoms with Gasteiger partial charge in [0, 0.05) is 18.2 Å². The molecular formula is C15H25FN2O2S. The Bertz CT molecular complexity index is 547. The summed E-state index contributed by atoms with van der Waals surface area (Å²) in [6, 6.07) is 3.78. The molecule has 0 saturated heterocycles. The van der Waals surface area contributed by atoms with Crippen LogP contribution in [0.25, 0.3) is 0 Å². The highest BCUT2D eigenvalue weighted by Crippen LogP contribution is 2.16. The molecule has 120 valence electrons. The molecule has 0 aliphatic heterocycles. The van der Waals surface area contributed by atoms with E-state index in [-0.39, 0.29) is 10.9 Å². The van der Waals surface area contributed by atoms with Crippen molar-refractivity contribution in [3.8, 4) is 0 Å². The second kappa shape index (κ2) is 8.46. The molecule has 4 nitrogen and oxygen atoms in total. The van der Waals surface area contributed by atoms with E-state index in [1.165, 1.54) is 18.2 Å². The lowest BCUT2D eigenvalue weighted by Gasteiger charge is -2.14. The van der Waals surface area contributed by atoms with Crippen LogP contribution in [0.4, 0.5) is 4.39 Å². The largest absolute Gasteiger partial charge is 0.313 e. The van der Waals surface area contributed by atoms with Gasteiger partial charge in [0.2, 0.25) is 10.0 Å². The van der Waals surface area contributed by atoms with Gasteiger partial charge < -0.3 is 5.32 Å². The number of hydrogen-bond donors (Lipinski definition) is 2. The first-order valence-corrected chi connectivity index (χ1v) is 8.90. The van der Waals surface area contributed by atoms with Gasteiger partial charge in [-0.1, -0.05) is 26.7 Å². The van der Waals surface area contributed by atoms with E-state index in [9.17, 15) is 12.8 Å². The van der Waals surface area contributed by atoms with E-state index in [1.807, 2.05) is 13.8 Å². The normalized spacial score (nSPS) is 13.3. The summed E-state index contributed by atoms with van der Waals surface area (Å²) in [5.74, 6) is -0.395. The lowest BCUT2D eigenvalue weighted by atomic mass is 10.2. The van der Waals surface area contributed by atoms with E-state index in [0.717, 1.165) is 19.3 Å². The van der Waals surface area contributed by atoms with Gasteiger partial charge in [-0.2, -0.15) is 0 Å². The van der Waals surface area contributed by atoms with Crippen molar-refractivity contribution < 1.29 is 12.8 Å². The minimum Gasteiger partial charge on any atom is -0.313 e. The Morgan fingerprint density at radius 3 is 2.62 bits per heavy atom. The summed E-state index contributed by atoms with van der Waals surface area (Å²) >= 11 is 0. The molecule has 0 bridgehead atoms. The topological polar surface area (TPSA) is 58.2 Å². The van der Waals surface area contributed by atoms with E-state index in [4.69, 9.17) is 0 Å². The van der Waals surface area contributed by atoms with E-state index in [0.29, 0.717) is 18.7 Å². The van der Waals surface area contributed by atoms with Crippen molar-refractivity contribution in [2.75, 3.05) is 6.54 Å². The highest BCUT2D eigenvalue weighted by molar-refractivity contribution is 7.89. The summed E-state index contributed by atoms with van der Waals surface area (Å²) in [4.78, 5) is 0.111. The fourth-order valence-electron chi connectivity index (χ4n) is 2.02. The Kier molecular flexibility index (Phi) is 7.28. The zero-order valence-electron chi connectivity index (χ0n) is 12.9. The van der Waals surface area contributed by atoms with Crippen LogP contribution in [0.1, 0.15) is 45.6 Å². The molecule has 21 heavy (non-hydrogen) atoms. The number of benzene rings is 1. The standard InChI is InChI=1S/C15H25FN2O2S/c1-4-6-7-12(3)18-21(19,20)14-8-9-15(16)13(10-14)11-17-5-2/h8-10,12,17-18H,4-7,11H2,1-3H3. The second-order valence-corrected chi connectivity index (χ2v) is 6.91. The molecule has 1 unspecified atom stereocenters. The molecule has 0 heterocycles. The average molecular weight is 316 g/mol. The maximum atomic E-state index is 13.7. The Balaban J connectivity index is 2.87. The number of halogens is 1. The predicted octanol–water partition coefficient (Wildman–Crippen LogP) is 2.79. The molecule has 0 spiro atoms. The Labute approximate surface area is 127 Å². The zero-order valence-corrected chi connectivity index (χ0v) is 13.8. The molecule has 1 rings (SSSR count).